The highest BCUT2D eigenvalue weighted by molar-refractivity contribution is 6.27. The molecule has 1 aliphatic carbocycles. The van der Waals surface area contributed by atoms with Crippen LogP contribution in [0.5, 0.6) is 0 Å². The topological polar surface area (TPSA) is 26.0 Å². The van der Waals surface area contributed by atoms with Gasteiger partial charge in [0, 0.05) is 5.56 Å². The summed E-state index contributed by atoms with van der Waals surface area (Å²) in [4.78, 5) is 3.96. The van der Waals surface area contributed by atoms with Crippen molar-refractivity contribution in [3.8, 4) is 11.3 Å². The molecule has 1 heterocycles. The van der Waals surface area contributed by atoms with Gasteiger partial charge in [-0.2, -0.15) is 0 Å². The summed E-state index contributed by atoms with van der Waals surface area (Å²) in [7, 11) is 0. The first-order chi connectivity index (χ1) is 8.15. The van der Waals surface area contributed by atoms with Crippen molar-refractivity contribution in [3.05, 3.63) is 40.6 Å². The zero-order valence-corrected chi connectivity index (χ0v) is 10.1. The van der Waals surface area contributed by atoms with Crippen LogP contribution in [0.2, 0.25) is 5.35 Å². The SMILES string of the molecule is Cc1nc(Cl)oc1-c1ccc(C2CC2)c(F)c1. The molecule has 88 valence electrons. The van der Waals surface area contributed by atoms with E-state index in [1.54, 1.807) is 6.92 Å². The van der Waals surface area contributed by atoms with Crippen molar-refractivity contribution in [2.75, 3.05) is 0 Å². The molecule has 0 atom stereocenters. The van der Waals surface area contributed by atoms with E-state index in [4.69, 9.17) is 16.0 Å². The summed E-state index contributed by atoms with van der Waals surface area (Å²) < 4.78 is 19.1. The van der Waals surface area contributed by atoms with Crippen LogP contribution in [-0.2, 0) is 0 Å². The molecule has 1 aromatic carbocycles. The van der Waals surface area contributed by atoms with Gasteiger partial charge < -0.3 is 4.42 Å². The molecule has 0 spiro atoms. The predicted molar refractivity (Wildman–Crippen MR) is 63.6 cm³/mol. The van der Waals surface area contributed by atoms with E-state index in [0.717, 1.165) is 18.4 Å². The molecule has 4 heteroatoms. The van der Waals surface area contributed by atoms with E-state index in [0.29, 0.717) is 22.9 Å². The highest BCUT2D eigenvalue weighted by Gasteiger charge is 2.26. The number of oxazole rings is 1. The van der Waals surface area contributed by atoms with Crippen molar-refractivity contribution in [2.24, 2.45) is 0 Å². The van der Waals surface area contributed by atoms with Gasteiger partial charge in [0.15, 0.2) is 5.76 Å². The third-order valence-corrected chi connectivity index (χ3v) is 3.21. The van der Waals surface area contributed by atoms with Gasteiger partial charge in [0.05, 0.1) is 5.69 Å². The van der Waals surface area contributed by atoms with Gasteiger partial charge >= 0.3 is 0 Å². The molecule has 1 saturated carbocycles. The molecule has 0 saturated heterocycles. The lowest BCUT2D eigenvalue weighted by molar-refractivity contribution is 0.571. The first-order valence-corrected chi connectivity index (χ1v) is 5.95. The number of nitrogens with zero attached hydrogens (tertiary/aromatic N) is 1. The Hall–Kier alpha value is -1.35. The van der Waals surface area contributed by atoms with Gasteiger partial charge in [-0.3, -0.25) is 0 Å². The average Bonchev–Trinajstić information content (AvgIpc) is 3.04. The Balaban J connectivity index is 2.03. The number of benzene rings is 1. The first kappa shape index (κ1) is 10.8. The van der Waals surface area contributed by atoms with E-state index in [2.05, 4.69) is 4.98 Å². The molecule has 2 aromatic rings. The van der Waals surface area contributed by atoms with Crippen molar-refractivity contribution >= 4 is 11.6 Å². The van der Waals surface area contributed by atoms with Crippen LogP contribution in [-0.4, -0.2) is 4.98 Å². The normalized spacial score (nSPS) is 15.2. The van der Waals surface area contributed by atoms with Crippen LogP contribution in [0.15, 0.2) is 22.6 Å². The first-order valence-electron chi connectivity index (χ1n) is 5.58. The molecule has 17 heavy (non-hydrogen) atoms. The summed E-state index contributed by atoms with van der Waals surface area (Å²) in [5.41, 5.74) is 2.16. The van der Waals surface area contributed by atoms with E-state index in [-0.39, 0.29) is 11.2 Å². The van der Waals surface area contributed by atoms with Crippen molar-refractivity contribution in [3.63, 3.8) is 0 Å². The van der Waals surface area contributed by atoms with Crippen molar-refractivity contribution in [1.29, 1.82) is 0 Å². The minimum atomic E-state index is -0.170. The zero-order chi connectivity index (χ0) is 12.0. The molecular weight excluding hydrogens is 241 g/mol. The van der Waals surface area contributed by atoms with Crippen molar-refractivity contribution < 1.29 is 8.81 Å². The third kappa shape index (κ3) is 1.95. The van der Waals surface area contributed by atoms with Crippen LogP contribution in [0.4, 0.5) is 4.39 Å². The Bertz CT molecular complexity index is 575. The minimum absolute atomic E-state index is 0.0872. The average molecular weight is 252 g/mol. The van der Waals surface area contributed by atoms with Crippen LogP contribution in [0.3, 0.4) is 0 Å². The Labute approximate surface area is 103 Å². The van der Waals surface area contributed by atoms with Gasteiger partial charge in [-0.25, -0.2) is 9.37 Å². The highest BCUT2D eigenvalue weighted by atomic mass is 35.5. The maximum Gasteiger partial charge on any atom is 0.292 e. The molecule has 2 nitrogen and oxygen atoms in total. The number of hydrogen-bond acceptors (Lipinski definition) is 2. The number of aryl methyl sites for hydroxylation is 1. The van der Waals surface area contributed by atoms with Gasteiger partial charge in [-0.05, 0) is 48.9 Å². The van der Waals surface area contributed by atoms with Crippen LogP contribution < -0.4 is 0 Å². The van der Waals surface area contributed by atoms with Crippen LogP contribution in [0.25, 0.3) is 11.3 Å². The van der Waals surface area contributed by atoms with Crippen LogP contribution >= 0.6 is 11.6 Å². The van der Waals surface area contributed by atoms with Gasteiger partial charge in [-0.15, -0.1) is 0 Å². The summed E-state index contributed by atoms with van der Waals surface area (Å²) in [6.07, 6.45) is 2.17. The van der Waals surface area contributed by atoms with Gasteiger partial charge in [0.1, 0.15) is 5.82 Å². The predicted octanol–water partition coefficient (Wildman–Crippen LogP) is 4.32. The maximum absolute atomic E-state index is 13.9. The smallest absolute Gasteiger partial charge is 0.292 e. The van der Waals surface area contributed by atoms with Crippen molar-refractivity contribution in [2.45, 2.75) is 25.7 Å². The molecule has 1 aliphatic rings. The summed E-state index contributed by atoms with van der Waals surface area (Å²) in [5.74, 6) is 0.775. The highest BCUT2D eigenvalue weighted by Crippen LogP contribution is 2.42. The third-order valence-electron chi connectivity index (χ3n) is 3.05. The van der Waals surface area contributed by atoms with Gasteiger partial charge in [0.25, 0.3) is 5.35 Å². The van der Waals surface area contributed by atoms with E-state index in [1.807, 2.05) is 12.1 Å². The van der Waals surface area contributed by atoms with E-state index >= 15 is 0 Å². The number of hydrogen-bond donors (Lipinski definition) is 0. The number of aromatic nitrogens is 1. The Kier molecular flexibility index (Phi) is 2.44. The maximum atomic E-state index is 13.9. The Morgan fingerprint density at radius 1 is 1.41 bits per heavy atom. The van der Waals surface area contributed by atoms with Gasteiger partial charge in [0.2, 0.25) is 0 Å². The molecule has 0 bridgehead atoms. The molecular formula is C13H11ClFNO. The summed E-state index contributed by atoms with van der Waals surface area (Å²) in [5, 5.41) is 0.0872. The van der Waals surface area contributed by atoms with Crippen LogP contribution in [0, 0.1) is 12.7 Å². The second-order valence-electron chi connectivity index (χ2n) is 4.39. The van der Waals surface area contributed by atoms with Crippen molar-refractivity contribution in [1.82, 2.24) is 4.98 Å². The fourth-order valence-corrected chi connectivity index (χ4v) is 2.23. The number of rotatable bonds is 2. The van der Waals surface area contributed by atoms with Gasteiger partial charge in [-0.1, -0.05) is 12.1 Å². The quantitative estimate of drug-likeness (QED) is 0.794. The Morgan fingerprint density at radius 2 is 2.18 bits per heavy atom. The standard InChI is InChI=1S/C13H11ClFNO/c1-7-12(17-13(14)16-7)9-4-5-10(8-2-3-8)11(15)6-9/h4-6,8H,2-3H2,1H3. The lowest BCUT2D eigenvalue weighted by Crippen LogP contribution is -1.88. The lowest BCUT2D eigenvalue weighted by Gasteiger charge is -2.03. The lowest BCUT2D eigenvalue weighted by atomic mass is 10.1. The van der Waals surface area contributed by atoms with E-state index in [1.165, 1.54) is 6.07 Å². The number of halogens is 2. The molecule has 0 amide bonds. The fraction of sp³-hybridized carbons (Fsp3) is 0.308. The second kappa shape index (κ2) is 3.84. The fourth-order valence-electron chi connectivity index (χ4n) is 2.03. The molecule has 3 rings (SSSR count). The minimum Gasteiger partial charge on any atom is -0.427 e. The molecule has 0 radical (unpaired) electrons. The van der Waals surface area contributed by atoms with Crippen LogP contribution in [0.1, 0.15) is 30.0 Å². The second-order valence-corrected chi connectivity index (χ2v) is 4.72. The monoisotopic (exact) mass is 251 g/mol. The summed E-state index contributed by atoms with van der Waals surface area (Å²) in [6.45, 7) is 1.79. The Morgan fingerprint density at radius 3 is 2.71 bits per heavy atom. The summed E-state index contributed by atoms with van der Waals surface area (Å²) >= 11 is 5.68. The molecule has 1 fully saturated rings. The zero-order valence-electron chi connectivity index (χ0n) is 9.34. The van der Waals surface area contributed by atoms with E-state index < -0.39 is 0 Å². The van der Waals surface area contributed by atoms with E-state index in [9.17, 15) is 4.39 Å². The molecule has 0 unspecified atom stereocenters. The molecule has 0 N–H and O–H groups in total. The largest absolute Gasteiger partial charge is 0.427 e. The summed E-state index contributed by atoms with van der Waals surface area (Å²) in [6, 6.07) is 5.19. The molecule has 1 aromatic heterocycles. The molecule has 0 aliphatic heterocycles.